The number of thiophene rings is 1. The van der Waals surface area contributed by atoms with Crippen molar-refractivity contribution in [1.82, 2.24) is 4.72 Å². The largest absolute Gasteiger partial charge is 0.322 e. The van der Waals surface area contributed by atoms with Crippen LogP contribution in [0.1, 0.15) is 10.4 Å². The summed E-state index contributed by atoms with van der Waals surface area (Å²) in [6, 6.07) is 7.75. The minimum Gasteiger partial charge on any atom is -0.322 e. The maximum Gasteiger partial charge on any atom is 0.257 e. The van der Waals surface area contributed by atoms with Crippen molar-refractivity contribution in [3.05, 3.63) is 43.5 Å². The molecule has 0 radical (unpaired) electrons. The topological polar surface area (TPSA) is 75.3 Å². The fraction of sp³-hybridized carbons (Fsp3) is 0.0833. The molecule has 0 fully saturated rings. The number of benzene rings is 1. The Kier molecular flexibility index (Phi) is 5.20. The number of rotatable bonds is 4. The first-order chi connectivity index (χ1) is 9.83. The number of sulfonamides is 1. The van der Waals surface area contributed by atoms with Crippen LogP contribution in [-0.4, -0.2) is 21.4 Å². The van der Waals surface area contributed by atoms with Crippen LogP contribution in [0.5, 0.6) is 0 Å². The van der Waals surface area contributed by atoms with Gasteiger partial charge in [0.25, 0.3) is 5.91 Å². The normalized spacial score (nSPS) is 11.4. The number of carbonyl (C=O) groups is 1. The summed E-state index contributed by atoms with van der Waals surface area (Å²) < 4.78 is 27.2. The summed E-state index contributed by atoms with van der Waals surface area (Å²) in [5.74, 6) is -0.317. The summed E-state index contributed by atoms with van der Waals surface area (Å²) in [6.07, 6.45) is 0. The van der Waals surface area contributed by atoms with E-state index in [4.69, 9.17) is 0 Å². The number of halogens is 2. The Labute approximate surface area is 143 Å². The summed E-state index contributed by atoms with van der Waals surface area (Å²) in [7, 11) is -2.21. The Bertz CT molecular complexity index is 788. The molecule has 0 spiro atoms. The highest BCUT2D eigenvalue weighted by Crippen LogP contribution is 2.32. The van der Waals surface area contributed by atoms with Crippen LogP contribution in [0.4, 0.5) is 5.69 Å². The molecule has 1 aromatic heterocycles. The molecular weight excluding hydrogens is 444 g/mol. The zero-order valence-electron chi connectivity index (χ0n) is 10.7. The van der Waals surface area contributed by atoms with E-state index in [1.807, 2.05) is 0 Å². The Morgan fingerprint density at radius 2 is 1.95 bits per heavy atom. The van der Waals surface area contributed by atoms with Crippen molar-refractivity contribution in [1.29, 1.82) is 0 Å². The van der Waals surface area contributed by atoms with Gasteiger partial charge in [-0.2, -0.15) is 0 Å². The van der Waals surface area contributed by atoms with Gasteiger partial charge in [0.1, 0.15) is 0 Å². The third-order valence-corrected chi connectivity index (χ3v) is 6.32. The second-order valence-electron chi connectivity index (χ2n) is 3.93. The molecule has 21 heavy (non-hydrogen) atoms. The van der Waals surface area contributed by atoms with Gasteiger partial charge in [-0.3, -0.25) is 4.79 Å². The summed E-state index contributed by atoms with van der Waals surface area (Å²) in [4.78, 5) is 12.2. The van der Waals surface area contributed by atoms with Crippen LogP contribution < -0.4 is 10.0 Å². The molecule has 5 nitrogen and oxygen atoms in total. The van der Waals surface area contributed by atoms with E-state index in [0.29, 0.717) is 15.0 Å². The van der Waals surface area contributed by atoms with Crippen molar-refractivity contribution in [3.63, 3.8) is 0 Å². The summed E-state index contributed by atoms with van der Waals surface area (Å²) >= 11 is 8.00. The van der Waals surface area contributed by atoms with Crippen LogP contribution in [-0.2, 0) is 10.0 Å². The lowest BCUT2D eigenvalue weighted by atomic mass is 10.3. The lowest BCUT2D eigenvalue weighted by molar-refractivity contribution is 0.102. The minimum atomic E-state index is -3.54. The van der Waals surface area contributed by atoms with E-state index in [-0.39, 0.29) is 10.8 Å². The van der Waals surface area contributed by atoms with Crippen LogP contribution in [0.2, 0.25) is 0 Å². The Morgan fingerprint density at radius 3 is 2.52 bits per heavy atom. The van der Waals surface area contributed by atoms with Gasteiger partial charge in [-0.15, -0.1) is 11.3 Å². The SMILES string of the molecule is CNS(=O)(=O)c1cccc(NC(=O)c2cc(Br)sc2Br)c1. The number of nitrogens with one attached hydrogen (secondary N) is 2. The molecule has 2 aromatic rings. The first-order valence-electron chi connectivity index (χ1n) is 5.63. The molecule has 0 bridgehead atoms. The molecule has 1 aromatic carbocycles. The first kappa shape index (κ1) is 16.6. The maximum absolute atomic E-state index is 12.2. The van der Waals surface area contributed by atoms with Gasteiger partial charge in [-0.05, 0) is 63.2 Å². The standard InChI is InChI=1S/C12H10Br2N2O3S2/c1-15-21(18,19)8-4-2-3-7(5-8)16-12(17)9-6-10(13)20-11(9)14/h2-6,15H,1H3,(H,16,17). The zero-order chi connectivity index (χ0) is 15.6. The van der Waals surface area contributed by atoms with Gasteiger partial charge in [-0.1, -0.05) is 6.07 Å². The van der Waals surface area contributed by atoms with Gasteiger partial charge >= 0.3 is 0 Å². The predicted octanol–water partition coefficient (Wildman–Crippen LogP) is 3.43. The average molecular weight is 454 g/mol. The highest BCUT2D eigenvalue weighted by molar-refractivity contribution is 9.12. The summed E-state index contributed by atoms with van der Waals surface area (Å²) in [6.45, 7) is 0. The van der Waals surface area contributed by atoms with Crippen LogP contribution in [0.3, 0.4) is 0 Å². The van der Waals surface area contributed by atoms with E-state index in [0.717, 1.165) is 3.79 Å². The molecule has 112 valence electrons. The van der Waals surface area contributed by atoms with Gasteiger partial charge < -0.3 is 5.32 Å². The smallest absolute Gasteiger partial charge is 0.257 e. The molecule has 2 rings (SSSR count). The molecule has 9 heteroatoms. The fourth-order valence-corrected chi connectivity index (χ4v) is 5.12. The summed E-state index contributed by atoms with van der Waals surface area (Å²) in [5, 5.41) is 2.67. The molecule has 0 aliphatic rings. The average Bonchev–Trinajstić information content (AvgIpc) is 2.78. The monoisotopic (exact) mass is 452 g/mol. The quantitative estimate of drug-likeness (QED) is 0.744. The molecule has 0 aliphatic carbocycles. The molecular formula is C12H10Br2N2O3S2. The Morgan fingerprint density at radius 1 is 1.24 bits per heavy atom. The van der Waals surface area contributed by atoms with E-state index >= 15 is 0 Å². The fourth-order valence-electron chi connectivity index (χ4n) is 1.55. The van der Waals surface area contributed by atoms with E-state index < -0.39 is 10.0 Å². The van der Waals surface area contributed by atoms with E-state index in [9.17, 15) is 13.2 Å². The Balaban J connectivity index is 2.26. The second-order valence-corrected chi connectivity index (χ2v) is 9.56. The van der Waals surface area contributed by atoms with Gasteiger partial charge in [-0.25, -0.2) is 13.1 Å². The van der Waals surface area contributed by atoms with Gasteiger partial charge in [0.15, 0.2) is 0 Å². The van der Waals surface area contributed by atoms with Crippen molar-refractivity contribution in [2.75, 3.05) is 12.4 Å². The molecule has 0 saturated heterocycles. The van der Waals surface area contributed by atoms with Crippen molar-refractivity contribution in [2.45, 2.75) is 4.90 Å². The van der Waals surface area contributed by atoms with Crippen molar-refractivity contribution in [2.24, 2.45) is 0 Å². The van der Waals surface area contributed by atoms with Crippen LogP contribution >= 0.6 is 43.2 Å². The number of amides is 1. The number of hydrogen-bond donors (Lipinski definition) is 2. The number of hydrogen-bond acceptors (Lipinski definition) is 4. The molecule has 1 amide bonds. The highest BCUT2D eigenvalue weighted by atomic mass is 79.9. The van der Waals surface area contributed by atoms with Gasteiger partial charge in [0.2, 0.25) is 10.0 Å². The van der Waals surface area contributed by atoms with E-state index in [2.05, 4.69) is 41.9 Å². The van der Waals surface area contributed by atoms with E-state index in [1.54, 1.807) is 18.2 Å². The van der Waals surface area contributed by atoms with Crippen LogP contribution in [0.25, 0.3) is 0 Å². The van der Waals surface area contributed by atoms with Crippen molar-refractivity contribution in [3.8, 4) is 0 Å². The predicted molar refractivity (Wildman–Crippen MR) is 90.4 cm³/mol. The van der Waals surface area contributed by atoms with E-state index in [1.165, 1.54) is 30.5 Å². The van der Waals surface area contributed by atoms with Gasteiger partial charge in [0.05, 0.1) is 18.0 Å². The molecule has 0 aliphatic heterocycles. The lowest BCUT2D eigenvalue weighted by Crippen LogP contribution is -2.19. The lowest BCUT2D eigenvalue weighted by Gasteiger charge is -2.07. The van der Waals surface area contributed by atoms with Crippen molar-refractivity contribution >= 4 is 64.8 Å². The molecule has 2 N–H and O–H groups in total. The molecule has 0 saturated carbocycles. The zero-order valence-corrected chi connectivity index (χ0v) is 15.5. The second kappa shape index (κ2) is 6.57. The minimum absolute atomic E-state index is 0.0911. The van der Waals surface area contributed by atoms with Gasteiger partial charge in [0, 0.05) is 5.69 Å². The molecule has 0 unspecified atom stereocenters. The third kappa shape index (κ3) is 3.92. The number of anilines is 1. The first-order valence-corrected chi connectivity index (χ1v) is 9.52. The molecule has 0 atom stereocenters. The third-order valence-electron chi connectivity index (χ3n) is 2.57. The van der Waals surface area contributed by atoms with Crippen molar-refractivity contribution < 1.29 is 13.2 Å². The molecule has 1 heterocycles. The Hall–Kier alpha value is -0.740. The number of carbonyl (C=O) groups excluding carboxylic acids is 1. The van der Waals surface area contributed by atoms with Crippen LogP contribution in [0.15, 0.2) is 42.8 Å². The summed E-state index contributed by atoms with van der Waals surface area (Å²) in [5.41, 5.74) is 0.888. The maximum atomic E-state index is 12.2. The highest BCUT2D eigenvalue weighted by Gasteiger charge is 2.16. The van der Waals surface area contributed by atoms with Crippen LogP contribution in [0, 0.1) is 0 Å².